The molecule has 0 saturated carbocycles. The van der Waals surface area contributed by atoms with E-state index in [1.807, 2.05) is 6.07 Å². The monoisotopic (exact) mass is 304 g/mol. The second kappa shape index (κ2) is 6.43. The molecule has 0 heterocycles. The number of ether oxygens (including phenoxy) is 1. The standard InChI is InChI=1S/C11H18NO.Sn.4H/c1-12(2,10-13-3)9-11-7-5-4-6-8-11;;;;;/h4-8H,9-10H2,1-3H3;;;;;/q+1;;;;;. The van der Waals surface area contributed by atoms with Crippen molar-refractivity contribution in [1.82, 2.24) is 0 Å². The Hall–Kier alpha value is -0.0613. The van der Waals surface area contributed by atoms with E-state index in [-0.39, 0.29) is 23.9 Å². The van der Waals surface area contributed by atoms with Crippen molar-refractivity contribution in [2.45, 2.75) is 6.54 Å². The van der Waals surface area contributed by atoms with E-state index in [2.05, 4.69) is 38.4 Å². The summed E-state index contributed by atoms with van der Waals surface area (Å²) in [6.45, 7) is 1.75. The van der Waals surface area contributed by atoms with Crippen LogP contribution in [0.4, 0.5) is 0 Å². The van der Waals surface area contributed by atoms with E-state index >= 15 is 0 Å². The van der Waals surface area contributed by atoms with Crippen LogP contribution in [-0.2, 0) is 11.3 Å². The fourth-order valence-electron chi connectivity index (χ4n) is 1.47. The number of nitrogens with zero attached hydrogens (tertiary/aromatic N) is 1. The molecule has 2 nitrogen and oxygen atoms in total. The summed E-state index contributed by atoms with van der Waals surface area (Å²) in [7, 11) is 6.07. The van der Waals surface area contributed by atoms with Crippen LogP contribution < -0.4 is 0 Å². The van der Waals surface area contributed by atoms with Gasteiger partial charge in [-0.25, -0.2) is 0 Å². The van der Waals surface area contributed by atoms with Crippen LogP contribution in [-0.4, -0.2) is 56.3 Å². The molecule has 0 aliphatic rings. The Labute approximate surface area is 103 Å². The van der Waals surface area contributed by atoms with Gasteiger partial charge in [0.05, 0.1) is 14.1 Å². The third-order valence-electron chi connectivity index (χ3n) is 1.93. The molecule has 0 saturated heterocycles. The molecule has 0 atom stereocenters. The molecule has 80 valence electrons. The Morgan fingerprint density at radius 2 is 1.71 bits per heavy atom. The Bertz CT molecular complexity index is 249. The van der Waals surface area contributed by atoms with Crippen LogP contribution in [0.1, 0.15) is 5.56 Å². The van der Waals surface area contributed by atoms with Gasteiger partial charge in [-0.3, -0.25) is 0 Å². The molecular formula is C11H22NOSn+. The molecule has 0 radical (unpaired) electrons. The predicted octanol–water partition coefficient (Wildman–Crippen LogP) is 0.415. The fraction of sp³-hybridized carbons (Fsp3) is 0.455. The average molecular weight is 303 g/mol. The summed E-state index contributed by atoms with van der Waals surface area (Å²) in [4.78, 5) is 0. The first kappa shape index (κ1) is 13.9. The van der Waals surface area contributed by atoms with Gasteiger partial charge in [-0.05, 0) is 0 Å². The molecule has 1 aromatic carbocycles. The van der Waals surface area contributed by atoms with Crippen LogP contribution in [0.3, 0.4) is 0 Å². The van der Waals surface area contributed by atoms with Crippen molar-refractivity contribution in [3.8, 4) is 0 Å². The van der Waals surface area contributed by atoms with Gasteiger partial charge in [0.2, 0.25) is 0 Å². The molecule has 0 aromatic heterocycles. The van der Waals surface area contributed by atoms with E-state index in [4.69, 9.17) is 4.74 Å². The van der Waals surface area contributed by atoms with Crippen molar-refractivity contribution < 1.29 is 9.22 Å². The topological polar surface area (TPSA) is 9.23 Å². The average Bonchev–Trinajstić information content (AvgIpc) is 2.04. The quantitative estimate of drug-likeness (QED) is 0.445. The van der Waals surface area contributed by atoms with E-state index in [0.29, 0.717) is 0 Å². The summed E-state index contributed by atoms with van der Waals surface area (Å²) in [5, 5.41) is 0. The number of rotatable bonds is 4. The Morgan fingerprint density at radius 3 is 2.21 bits per heavy atom. The second-order valence-electron chi connectivity index (χ2n) is 4.00. The Kier molecular flexibility index (Phi) is 6.40. The zero-order chi connectivity index (χ0) is 9.73. The fourth-order valence-corrected chi connectivity index (χ4v) is 1.47. The number of hydrogen-bond acceptors (Lipinski definition) is 1. The zero-order valence-electron chi connectivity index (χ0n) is 8.66. The van der Waals surface area contributed by atoms with E-state index in [1.54, 1.807) is 7.11 Å². The molecule has 0 unspecified atom stereocenters. The number of hydrogen-bond donors (Lipinski definition) is 0. The Balaban J connectivity index is 0.00000169. The minimum absolute atomic E-state index is 0. The molecule has 14 heavy (non-hydrogen) atoms. The van der Waals surface area contributed by atoms with Crippen LogP contribution in [0.5, 0.6) is 0 Å². The van der Waals surface area contributed by atoms with Gasteiger partial charge in [-0.15, -0.1) is 0 Å². The third-order valence-corrected chi connectivity index (χ3v) is 1.93. The molecule has 0 aliphatic heterocycles. The van der Waals surface area contributed by atoms with Gasteiger partial charge in [0.1, 0.15) is 6.54 Å². The normalized spacial score (nSPS) is 10.8. The van der Waals surface area contributed by atoms with Crippen LogP contribution in [0.25, 0.3) is 0 Å². The van der Waals surface area contributed by atoms with Crippen molar-refractivity contribution >= 4 is 23.9 Å². The zero-order valence-corrected chi connectivity index (χ0v) is 8.66. The van der Waals surface area contributed by atoms with E-state index in [9.17, 15) is 0 Å². The summed E-state index contributed by atoms with van der Waals surface area (Å²) < 4.78 is 6.01. The van der Waals surface area contributed by atoms with E-state index < -0.39 is 0 Å². The third kappa shape index (κ3) is 4.98. The van der Waals surface area contributed by atoms with Gasteiger partial charge in [0.15, 0.2) is 6.73 Å². The second-order valence-corrected chi connectivity index (χ2v) is 4.00. The van der Waals surface area contributed by atoms with Gasteiger partial charge in [0.25, 0.3) is 0 Å². The molecule has 0 bridgehead atoms. The van der Waals surface area contributed by atoms with Crippen molar-refractivity contribution in [1.29, 1.82) is 0 Å². The van der Waals surface area contributed by atoms with Gasteiger partial charge in [0, 0.05) is 12.7 Å². The van der Waals surface area contributed by atoms with Crippen molar-refractivity contribution in [3.05, 3.63) is 35.9 Å². The van der Waals surface area contributed by atoms with Crippen LogP contribution in [0.15, 0.2) is 30.3 Å². The maximum atomic E-state index is 5.15. The maximum absolute atomic E-state index is 5.15. The molecular weight excluding hydrogens is 281 g/mol. The van der Waals surface area contributed by atoms with Crippen LogP contribution >= 0.6 is 0 Å². The summed E-state index contributed by atoms with van der Waals surface area (Å²) in [5.74, 6) is 0. The molecule has 1 rings (SSSR count). The summed E-state index contributed by atoms with van der Waals surface area (Å²) >= 11 is 0. The van der Waals surface area contributed by atoms with Crippen LogP contribution in [0, 0.1) is 0 Å². The van der Waals surface area contributed by atoms with Crippen molar-refractivity contribution in [2.75, 3.05) is 27.9 Å². The van der Waals surface area contributed by atoms with Gasteiger partial charge < -0.3 is 9.22 Å². The molecule has 1 aromatic rings. The van der Waals surface area contributed by atoms with E-state index in [1.165, 1.54) is 5.56 Å². The molecule has 0 fully saturated rings. The summed E-state index contributed by atoms with van der Waals surface area (Å²) in [6, 6.07) is 10.5. The first-order chi connectivity index (χ1) is 6.14. The number of quaternary nitrogens is 1. The molecule has 0 aliphatic carbocycles. The molecule has 0 N–H and O–H groups in total. The number of methoxy groups -OCH3 is 1. The molecule has 0 spiro atoms. The summed E-state index contributed by atoms with van der Waals surface area (Å²) in [5.41, 5.74) is 1.35. The molecule has 3 heteroatoms. The van der Waals surface area contributed by atoms with Gasteiger partial charge in [-0.2, -0.15) is 0 Å². The predicted molar refractivity (Wildman–Crippen MR) is 65.5 cm³/mol. The van der Waals surface area contributed by atoms with Gasteiger partial charge in [-0.1, -0.05) is 30.3 Å². The van der Waals surface area contributed by atoms with E-state index in [0.717, 1.165) is 17.8 Å². The minimum atomic E-state index is 0. The summed E-state index contributed by atoms with van der Waals surface area (Å²) in [6.07, 6.45) is 0. The number of benzene rings is 1. The first-order valence-electron chi connectivity index (χ1n) is 4.49. The molecule has 0 amide bonds. The van der Waals surface area contributed by atoms with Crippen molar-refractivity contribution in [3.63, 3.8) is 0 Å². The van der Waals surface area contributed by atoms with Crippen molar-refractivity contribution in [2.24, 2.45) is 0 Å². The Morgan fingerprint density at radius 1 is 1.14 bits per heavy atom. The van der Waals surface area contributed by atoms with Crippen LogP contribution in [0.2, 0.25) is 0 Å². The SMILES string of the molecule is COC[N+](C)(C)Cc1ccccc1.[SnH4]. The van der Waals surface area contributed by atoms with Gasteiger partial charge >= 0.3 is 23.9 Å². The first-order valence-corrected chi connectivity index (χ1v) is 4.49.